The molecule has 0 atom stereocenters. The van der Waals surface area contributed by atoms with E-state index in [0.29, 0.717) is 24.2 Å². The van der Waals surface area contributed by atoms with Crippen LogP contribution in [0.4, 0.5) is 4.39 Å². The molecule has 0 aliphatic heterocycles. The number of para-hydroxylation sites is 1. The zero-order chi connectivity index (χ0) is 13.7. The highest BCUT2D eigenvalue weighted by atomic mass is 19.1. The molecule has 0 unspecified atom stereocenters. The van der Waals surface area contributed by atoms with Crippen molar-refractivity contribution in [3.63, 3.8) is 0 Å². The largest absolute Gasteiger partial charge is 0.508 e. The van der Waals surface area contributed by atoms with E-state index >= 15 is 0 Å². The molecule has 0 aromatic heterocycles. The summed E-state index contributed by atoms with van der Waals surface area (Å²) in [6.45, 7) is 0.909. The normalized spacial score (nSPS) is 10.1. The molecule has 2 aromatic rings. The first-order chi connectivity index (χ1) is 9.19. The molecule has 19 heavy (non-hydrogen) atoms. The van der Waals surface area contributed by atoms with Crippen LogP contribution in [0.15, 0.2) is 42.5 Å². The minimum atomic E-state index is -0.418. The summed E-state index contributed by atoms with van der Waals surface area (Å²) in [6.07, 6.45) is 0. The topological polar surface area (TPSA) is 56.0 Å². The summed E-state index contributed by atoms with van der Waals surface area (Å²) >= 11 is 0. The monoisotopic (exact) mass is 256 g/mol. The van der Waals surface area contributed by atoms with Crippen molar-refractivity contribution in [2.75, 3.05) is 0 Å². The van der Waals surface area contributed by atoms with Gasteiger partial charge in [-0.05, 0) is 29.8 Å². The molecule has 0 bridgehead atoms. The first-order valence-electron chi connectivity index (χ1n) is 5.86. The fourth-order valence-electron chi connectivity index (χ4n) is 1.82. The van der Waals surface area contributed by atoms with Crippen LogP contribution in [0.5, 0.6) is 5.75 Å². The van der Waals surface area contributed by atoms with Gasteiger partial charge >= 0.3 is 0 Å². The third kappa shape index (κ3) is 3.54. The van der Waals surface area contributed by atoms with Crippen molar-refractivity contribution in [3.8, 4) is 11.8 Å². The summed E-state index contributed by atoms with van der Waals surface area (Å²) in [6, 6.07) is 13.2. The van der Waals surface area contributed by atoms with Crippen LogP contribution in [-0.4, -0.2) is 5.11 Å². The average Bonchev–Trinajstić information content (AvgIpc) is 2.40. The number of phenols is 1. The van der Waals surface area contributed by atoms with Crippen molar-refractivity contribution in [2.24, 2.45) is 0 Å². The number of hydrogen-bond donors (Lipinski definition) is 2. The Bertz CT molecular complexity index is 620. The molecule has 0 saturated heterocycles. The molecular weight excluding hydrogens is 243 g/mol. The highest BCUT2D eigenvalue weighted by Gasteiger charge is 2.02. The van der Waals surface area contributed by atoms with Crippen molar-refractivity contribution < 1.29 is 9.50 Å². The highest BCUT2D eigenvalue weighted by molar-refractivity contribution is 5.34. The van der Waals surface area contributed by atoms with Crippen LogP contribution in [0, 0.1) is 17.1 Å². The lowest BCUT2D eigenvalue weighted by Crippen LogP contribution is -2.13. The SMILES string of the molecule is N#Cc1cc(F)cc(CNCc2ccccc2O)c1. The molecule has 2 N–H and O–H groups in total. The number of nitrogens with one attached hydrogen (secondary N) is 1. The van der Waals surface area contributed by atoms with Gasteiger partial charge in [0.05, 0.1) is 11.6 Å². The van der Waals surface area contributed by atoms with Crippen LogP contribution in [0.2, 0.25) is 0 Å². The molecule has 0 heterocycles. The smallest absolute Gasteiger partial charge is 0.124 e. The number of rotatable bonds is 4. The molecule has 4 heteroatoms. The van der Waals surface area contributed by atoms with E-state index < -0.39 is 5.82 Å². The van der Waals surface area contributed by atoms with Gasteiger partial charge in [0.15, 0.2) is 0 Å². The van der Waals surface area contributed by atoms with Crippen molar-refractivity contribution in [2.45, 2.75) is 13.1 Å². The van der Waals surface area contributed by atoms with Crippen LogP contribution < -0.4 is 5.32 Å². The lowest BCUT2D eigenvalue weighted by Gasteiger charge is -2.07. The number of hydrogen-bond acceptors (Lipinski definition) is 3. The summed E-state index contributed by atoms with van der Waals surface area (Å²) in [5, 5.41) is 21.4. The van der Waals surface area contributed by atoms with E-state index in [4.69, 9.17) is 5.26 Å². The Labute approximate surface area is 110 Å². The van der Waals surface area contributed by atoms with Crippen molar-refractivity contribution in [1.82, 2.24) is 5.32 Å². The van der Waals surface area contributed by atoms with E-state index in [2.05, 4.69) is 5.32 Å². The van der Waals surface area contributed by atoms with E-state index in [-0.39, 0.29) is 5.75 Å². The lowest BCUT2D eigenvalue weighted by atomic mass is 10.1. The Morgan fingerprint density at radius 1 is 1.16 bits per heavy atom. The zero-order valence-corrected chi connectivity index (χ0v) is 10.2. The van der Waals surface area contributed by atoms with Gasteiger partial charge in [0.2, 0.25) is 0 Å². The van der Waals surface area contributed by atoms with Crippen molar-refractivity contribution in [1.29, 1.82) is 5.26 Å². The van der Waals surface area contributed by atoms with E-state index in [1.165, 1.54) is 12.1 Å². The van der Waals surface area contributed by atoms with Gasteiger partial charge in [0, 0.05) is 18.7 Å². The Balaban J connectivity index is 1.98. The van der Waals surface area contributed by atoms with E-state index in [1.54, 1.807) is 18.2 Å². The Hall–Kier alpha value is -2.38. The Morgan fingerprint density at radius 2 is 1.95 bits per heavy atom. The van der Waals surface area contributed by atoms with Crippen molar-refractivity contribution in [3.05, 3.63) is 65.0 Å². The molecule has 0 aliphatic carbocycles. The minimum Gasteiger partial charge on any atom is -0.508 e. The van der Waals surface area contributed by atoms with E-state index in [1.807, 2.05) is 18.2 Å². The Kier molecular flexibility index (Phi) is 4.11. The van der Waals surface area contributed by atoms with Crippen LogP contribution in [0.25, 0.3) is 0 Å². The maximum Gasteiger partial charge on any atom is 0.124 e. The van der Waals surface area contributed by atoms with Gasteiger partial charge in [0.25, 0.3) is 0 Å². The molecule has 2 rings (SSSR count). The number of benzene rings is 2. The number of phenolic OH excluding ortho intramolecular Hbond substituents is 1. The number of nitriles is 1. The Morgan fingerprint density at radius 3 is 2.68 bits per heavy atom. The quantitative estimate of drug-likeness (QED) is 0.884. The van der Waals surface area contributed by atoms with E-state index in [9.17, 15) is 9.50 Å². The molecule has 0 radical (unpaired) electrons. The standard InChI is InChI=1S/C15H13FN2O/c16-14-6-11(8-17)5-12(7-14)9-18-10-13-3-1-2-4-15(13)19/h1-7,18-19H,9-10H2. The third-order valence-corrected chi connectivity index (χ3v) is 2.72. The first-order valence-corrected chi connectivity index (χ1v) is 5.86. The number of aromatic hydroxyl groups is 1. The second-order valence-corrected chi connectivity index (χ2v) is 4.19. The van der Waals surface area contributed by atoms with E-state index in [0.717, 1.165) is 5.56 Å². The minimum absolute atomic E-state index is 0.229. The predicted octanol–water partition coefficient (Wildman–Crippen LogP) is 2.69. The average molecular weight is 256 g/mol. The molecule has 96 valence electrons. The lowest BCUT2D eigenvalue weighted by molar-refractivity contribution is 0.464. The summed E-state index contributed by atoms with van der Waals surface area (Å²) in [5.41, 5.74) is 1.78. The van der Waals surface area contributed by atoms with Crippen molar-refractivity contribution >= 4 is 0 Å². The molecule has 0 spiro atoms. The van der Waals surface area contributed by atoms with Crippen LogP contribution in [0.1, 0.15) is 16.7 Å². The molecule has 0 amide bonds. The number of halogens is 1. The van der Waals surface area contributed by atoms with Gasteiger partial charge in [-0.25, -0.2) is 4.39 Å². The fourth-order valence-corrected chi connectivity index (χ4v) is 1.82. The van der Waals surface area contributed by atoms with Gasteiger partial charge in [-0.1, -0.05) is 18.2 Å². The molecule has 0 fully saturated rings. The van der Waals surface area contributed by atoms with Gasteiger partial charge in [0.1, 0.15) is 11.6 Å². The maximum absolute atomic E-state index is 13.2. The molecular formula is C15H13FN2O. The highest BCUT2D eigenvalue weighted by Crippen LogP contribution is 2.15. The predicted molar refractivity (Wildman–Crippen MR) is 69.8 cm³/mol. The summed E-state index contributed by atoms with van der Waals surface area (Å²) in [4.78, 5) is 0. The fraction of sp³-hybridized carbons (Fsp3) is 0.133. The molecule has 0 saturated carbocycles. The zero-order valence-electron chi connectivity index (χ0n) is 10.2. The maximum atomic E-state index is 13.2. The molecule has 3 nitrogen and oxygen atoms in total. The second kappa shape index (κ2) is 5.98. The van der Waals surface area contributed by atoms with Gasteiger partial charge < -0.3 is 10.4 Å². The first kappa shape index (κ1) is 13.1. The van der Waals surface area contributed by atoms with Crippen LogP contribution in [0.3, 0.4) is 0 Å². The number of nitrogens with zero attached hydrogens (tertiary/aromatic N) is 1. The molecule has 0 aliphatic rings. The summed E-state index contributed by atoms with van der Waals surface area (Å²) < 4.78 is 13.2. The summed E-state index contributed by atoms with van der Waals surface area (Å²) in [5.74, 6) is -0.189. The molecule has 2 aromatic carbocycles. The second-order valence-electron chi connectivity index (χ2n) is 4.19. The van der Waals surface area contributed by atoms with Gasteiger partial charge in [-0.2, -0.15) is 5.26 Å². The van der Waals surface area contributed by atoms with Crippen LogP contribution >= 0.6 is 0 Å². The van der Waals surface area contributed by atoms with Crippen LogP contribution in [-0.2, 0) is 13.1 Å². The third-order valence-electron chi connectivity index (χ3n) is 2.72. The summed E-state index contributed by atoms with van der Waals surface area (Å²) in [7, 11) is 0. The van der Waals surface area contributed by atoms with Gasteiger partial charge in [-0.15, -0.1) is 0 Å². The van der Waals surface area contributed by atoms with Gasteiger partial charge in [-0.3, -0.25) is 0 Å².